The van der Waals surface area contributed by atoms with Crippen LogP contribution in [0.25, 0.3) is 0 Å². The van der Waals surface area contributed by atoms with Crippen LogP contribution >= 0.6 is 0 Å². The Morgan fingerprint density at radius 1 is 1.43 bits per heavy atom. The molecular weight excluding hydrogens is 294 g/mol. The molecule has 21 heavy (non-hydrogen) atoms. The number of hydrogen-bond acceptors (Lipinski definition) is 4. The number of fused-ring (bicyclic) bond motifs is 1. The monoisotopic (exact) mass is 313 g/mol. The van der Waals surface area contributed by atoms with Gasteiger partial charge in [-0.05, 0) is 25.7 Å². The highest BCUT2D eigenvalue weighted by Crippen LogP contribution is 2.33. The van der Waals surface area contributed by atoms with Crippen LogP contribution in [0, 0.1) is 5.92 Å². The van der Waals surface area contributed by atoms with Gasteiger partial charge in [0.15, 0.2) is 5.69 Å². The Morgan fingerprint density at radius 3 is 2.71 bits per heavy atom. The van der Waals surface area contributed by atoms with Gasteiger partial charge in [0, 0.05) is 37.3 Å². The second-order valence-corrected chi connectivity index (χ2v) is 7.95. The first-order chi connectivity index (χ1) is 9.92. The van der Waals surface area contributed by atoms with E-state index in [2.05, 4.69) is 5.10 Å². The molecule has 0 atom stereocenters. The predicted molar refractivity (Wildman–Crippen MR) is 75.5 cm³/mol. The zero-order valence-electron chi connectivity index (χ0n) is 11.9. The second-order valence-electron chi connectivity index (χ2n) is 5.69. The van der Waals surface area contributed by atoms with Crippen LogP contribution in [-0.2, 0) is 29.5 Å². The molecular formula is C13H19N3O4S. The Kier molecular flexibility index (Phi) is 3.53. The number of carboxylic acids is 1. The van der Waals surface area contributed by atoms with Gasteiger partial charge in [0.05, 0.1) is 5.75 Å². The summed E-state index contributed by atoms with van der Waals surface area (Å²) in [6.07, 6.45) is 2.85. The SMILES string of the molecule is CCS(=O)(=O)N1CCc2c(c(C(=O)O)nn2CC2CC2)C1. The smallest absolute Gasteiger partial charge is 0.356 e. The lowest BCUT2D eigenvalue weighted by atomic mass is 10.1. The third-order valence-corrected chi connectivity index (χ3v) is 6.02. The van der Waals surface area contributed by atoms with Crippen LogP contribution in [0.3, 0.4) is 0 Å². The number of aromatic nitrogens is 2. The summed E-state index contributed by atoms with van der Waals surface area (Å²) in [6, 6.07) is 0. The van der Waals surface area contributed by atoms with Crippen molar-refractivity contribution in [2.45, 2.75) is 39.3 Å². The first kappa shape index (κ1) is 14.5. The molecule has 1 aromatic rings. The molecule has 1 N–H and O–H groups in total. The van der Waals surface area contributed by atoms with Gasteiger partial charge >= 0.3 is 5.97 Å². The molecule has 0 radical (unpaired) electrons. The molecule has 0 spiro atoms. The van der Waals surface area contributed by atoms with Crippen molar-refractivity contribution < 1.29 is 18.3 Å². The third-order valence-electron chi connectivity index (χ3n) is 4.19. The first-order valence-electron chi connectivity index (χ1n) is 7.22. The standard InChI is InChI=1S/C13H19N3O4S/c1-2-21(19,20)15-6-5-11-10(8-15)12(13(17)18)14-16(11)7-9-3-4-9/h9H,2-8H2,1H3,(H,17,18). The van der Waals surface area contributed by atoms with Gasteiger partial charge in [0.25, 0.3) is 0 Å². The average Bonchev–Trinajstić information content (AvgIpc) is 3.19. The fourth-order valence-electron chi connectivity index (χ4n) is 2.75. The van der Waals surface area contributed by atoms with E-state index in [9.17, 15) is 18.3 Å². The summed E-state index contributed by atoms with van der Waals surface area (Å²) < 4.78 is 27.1. The highest BCUT2D eigenvalue weighted by atomic mass is 32.2. The molecule has 1 aromatic heterocycles. The van der Waals surface area contributed by atoms with Crippen molar-refractivity contribution in [3.05, 3.63) is 17.0 Å². The van der Waals surface area contributed by atoms with Crippen molar-refractivity contribution in [1.29, 1.82) is 0 Å². The minimum absolute atomic E-state index is 0.00153. The molecule has 1 saturated carbocycles. The summed E-state index contributed by atoms with van der Waals surface area (Å²) in [5.74, 6) is -0.467. The van der Waals surface area contributed by atoms with Gasteiger partial charge in [-0.25, -0.2) is 13.2 Å². The molecule has 0 aromatic carbocycles. The lowest BCUT2D eigenvalue weighted by Gasteiger charge is -2.26. The van der Waals surface area contributed by atoms with Crippen LogP contribution < -0.4 is 0 Å². The fraction of sp³-hybridized carbons (Fsp3) is 0.692. The Balaban J connectivity index is 1.96. The van der Waals surface area contributed by atoms with Gasteiger partial charge in [-0.15, -0.1) is 0 Å². The van der Waals surface area contributed by atoms with Gasteiger partial charge in [0.1, 0.15) is 0 Å². The predicted octanol–water partition coefficient (Wildman–Crippen LogP) is 0.699. The summed E-state index contributed by atoms with van der Waals surface area (Å²) in [4.78, 5) is 11.4. The molecule has 8 heteroatoms. The Hall–Kier alpha value is -1.41. The van der Waals surface area contributed by atoms with Crippen molar-refractivity contribution in [3.8, 4) is 0 Å². The number of carbonyl (C=O) groups is 1. The van der Waals surface area contributed by atoms with Gasteiger partial charge in [-0.1, -0.05) is 0 Å². The van der Waals surface area contributed by atoms with Crippen molar-refractivity contribution in [3.63, 3.8) is 0 Å². The normalized spacial score (nSPS) is 19.5. The summed E-state index contributed by atoms with van der Waals surface area (Å²) >= 11 is 0. The van der Waals surface area contributed by atoms with Gasteiger partial charge in [0.2, 0.25) is 10.0 Å². The Morgan fingerprint density at radius 2 is 2.14 bits per heavy atom. The topological polar surface area (TPSA) is 92.5 Å². The minimum Gasteiger partial charge on any atom is -0.476 e. The molecule has 3 rings (SSSR count). The number of rotatable bonds is 5. The Bertz CT molecular complexity index is 676. The van der Waals surface area contributed by atoms with Crippen molar-refractivity contribution in [2.75, 3.05) is 12.3 Å². The lowest BCUT2D eigenvalue weighted by molar-refractivity contribution is 0.0687. The zero-order chi connectivity index (χ0) is 15.2. The average molecular weight is 313 g/mol. The summed E-state index contributed by atoms with van der Waals surface area (Å²) in [5.41, 5.74) is 1.45. The van der Waals surface area contributed by atoms with E-state index in [4.69, 9.17) is 0 Å². The molecule has 0 saturated heterocycles. The molecule has 0 amide bonds. The van der Waals surface area contributed by atoms with E-state index in [0.717, 1.165) is 25.1 Å². The molecule has 1 aliphatic heterocycles. The molecule has 116 valence electrons. The van der Waals surface area contributed by atoms with Crippen LogP contribution in [-0.4, -0.2) is 45.9 Å². The van der Waals surface area contributed by atoms with Crippen molar-refractivity contribution in [2.24, 2.45) is 5.92 Å². The molecule has 2 heterocycles. The maximum absolute atomic E-state index is 12.0. The maximum atomic E-state index is 12.0. The van der Waals surface area contributed by atoms with Crippen LogP contribution in [0.4, 0.5) is 0 Å². The largest absolute Gasteiger partial charge is 0.476 e. The fourth-order valence-corrected chi connectivity index (χ4v) is 3.81. The number of nitrogens with zero attached hydrogens (tertiary/aromatic N) is 3. The quantitative estimate of drug-likeness (QED) is 0.864. The van der Waals surface area contributed by atoms with E-state index >= 15 is 0 Å². The van der Waals surface area contributed by atoms with Crippen LogP contribution in [0.15, 0.2) is 0 Å². The van der Waals surface area contributed by atoms with E-state index in [1.165, 1.54) is 4.31 Å². The first-order valence-corrected chi connectivity index (χ1v) is 8.83. The minimum atomic E-state index is -3.30. The molecule has 0 bridgehead atoms. The van der Waals surface area contributed by atoms with Crippen molar-refractivity contribution in [1.82, 2.24) is 14.1 Å². The number of aromatic carboxylic acids is 1. The highest BCUT2D eigenvalue weighted by molar-refractivity contribution is 7.89. The van der Waals surface area contributed by atoms with E-state index < -0.39 is 16.0 Å². The lowest BCUT2D eigenvalue weighted by Crippen LogP contribution is -2.37. The molecule has 1 fully saturated rings. The molecule has 7 nitrogen and oxygen atoms in total. The van der Waals surface area contributed by atoms with Crippen LogP contribution in [0.1, 0.15) is 41.5 Å². The molecule has 1 aliphatic carbocycles. The number of carboxylic acid groups (broad SMARTS) is 1. The maximum Gasteiger partial charge on any atom is 0.356 e. The third kappa shape index (κ3) is 2.69. The van der Waals surface area contributed by atoms with E-state index in [-0.39, 0.29) is 18.0 Å². The molecule has 2 aliphatic rings. The summed E-state index contributed by atoms with van der Waals surface area (Å²) in [5, 5.41) is 13.5. The van der Waals surface area contributed by atoms with Gasteiger partial charge < -0.3 is 5.11 Å². The van der Waals surface area contributed by atoms with E-state index in [1.807, 2.05) is 0 Å². The van der Waals surface area contributed by atoms with E-state index in [0.29, 0.717) is 24.4 Å². The zero-order valence-corrected chi connectivity index (χ0v) is 12.8. The van der Waals surface area contributed by atoms with E-state index in [1.54, 1.807) is 11.6 Å². The Labute approximate surface area is 123 Å². The second kappa shape index (κ2) is 5.10. The molecule has 0 unspecified atom stereocenters. The summed E-state index contributed by atoms with van der Waals surface area (Å²) in [6.45, 7) is 2.87. The summed E-state index contributed by atoms with van der Waals surface area (Å²) in [7, 11) is -3.30. The number of sulfonamides is 1. The van der Waals surface area contributed by atoms with Crippen molar-refractivity contribution >= 4 is 16.0 Å². The van der Waals surface area contributed by atoms with Gasteiger partial charge in [-0.3, -0.25) is 4.68 Å². The highest BCUT2D eigenvalue weighted by Gasteiger charge is 2.33. The number of hydrogen-bond donors (Lipinski definition) is 1. The van der Waals surface area contributed by atoms with Crippen LogP contribution in [0.5, 0.6) is 0 Å². The van der Waals surface area contributed by atoms with Crippen LogP contribution in [0.2, 0.25) is 0 Å². The van der Waals surface area contributed by atoms with Gasteiger partial charge in [-0.2, -0.15) is 9.40 Å².